The summed E-state index contributed by atoms with van der Waals surface area (Å²) in [5, 5.41) is 14.8. The average Bonchev–Trinajstić information content (AvgIpc) is 3.27. The number of carbonyl (C=O) groups excluding carboxylic acids is 2. The van der Waals surface area contributed by atoms with Crippen molar-refractivity contribution in [2.75, 3.05) is 13.6 Å². The van der Waals surface area contributed by atoms with Crippen LogP contribution in [0, 0.1) is 5.92 Å². The zero-order chi connectivity index (χ0) is 17.1. The van der Waals surface area contributed by atoms with Crippen LogP contribution in [0.1, 0.15) is 35.6 Å². The number of rotatable bonds is 5. The summed E-state index contributed by atoms with van der Waals surface area (Å²) in [4.78, 5) is 27.3. The Balaban J connectivity index is 1.69. The fourth-order valence-corrected chi connectivity index (χ4v) is 4.00. The van der Waals surface area contributed by atoms with E-state index < -0.39 is 6.10 Å². The van der Waals surface area contributed by atoms with Crippen LogP contribution in [-0.2, 0) is 9.59 Å². The Labute approximate surface area is 144 Å². The summed E-state index contributed by atoms with van der Waals surface area (Å²) in [7, 11) is 1.74. The number of aliphatic hydroxyl groups is 1. The normalized spacial score (nSPS) is 22.4. The number of piperidine rings is 1. The highest BCUT2D eigenvalue weighted by Crippen LogP contribution is 2.37. The quantitative estimate of drug-likeness (QED) is 0.867. The van der Waals surface area contributed by atoms with E-state index in [1.165, 1.54) is 6.26 Å². The monoisotopic (exact) mass is 348 g/mol. The van der Waals surface area contributed by atoms with E-state index in [9.17, 15) is 14.7 Å². The molecule has 3 atom stereocenters. The maximum absolute atomic E-state index is 12.6. The van der Waals surface area contributed by atoms with E-state index in [0.717, 1.165) is 4.88 Å². The Bertz CT molecular complexity index is 684. The van der Waals surface area contributed by atoms with Gasteiger partial charge in [0.1, 0.15) is 11.9 Å². The Morgan fingerprint density at radius 1 is 1.50 bits per heavy atom. The van der Waals surface area contributed by atoms with E-state index in [-0.39, 0.29) is 30.3 Å². The van der Waals surface area contributed by atoms with Gasteiger partial charge in [-0.25, -0.2) is 0 Å². The molecular formula is C17H20N2O4S. The van der Waals surface area contributed by atoms with Gasteiger partial charge in [-0.1, -0.05) is 6.07 Å². The molecule has 2 amide bonds. The minimum absolute atomic E-state index is 0.0491. The summed E-state index contributed by atoms with van der Waals surface area (Å²) in [5.41, 5.74) is 0. The Morgan fingerprint density at radius 2 is 2.33 bits per heavy atom. The van der Waals surface area contributed by atoms with E-state index >= 15 is 0 Å². The number of aliphatic hydroxyl groups excluding tert-OH is 1. The molecule has 0 radical (unpaired) electrons. The molecule has 1 aliphatic heterocycles. The van der Waals surface area contributed by atoms with Crippen LogP contribution in [0.5, 0.6) is 0 Å². The Kier molecular flexibility index (Phi) is 5.01. The lowest BCUT2D eigenvalue weighted by molar-refractivity contribution is -0.141. The molecule has 2 aromatic heterocycles. The minimum atomic E-state index is -0.882. The predicted molar refractivity (Wildman–Crippen MR) is 89.2 cm³/mol. The molecule has 128 valence electrons. The molecule has 0 spiro atoms. The lowest BCUT2D eigenvalue weighted by Crippen LogP contribution is -2.46. The zero-order valence-corrected chi connectivity index (χ0v) is 14.2. The van der Waals surface area contributed by atoms with Gasteiger partial charge in [0.05, 0.1) is 24.8 Å². The van der Waals surface area contributed by atoms with Crippen molar-refractivity contribution >= 4 is 23.2 Å². The first-order valence-electron chi connectivity index (χ1n) is 7.86. The van der Waals surface area contributed by atoms with E-state index in [4.69, 9.17) is 4.42 Å². The third kappa shape index (κ3) is 3.37. The summed E-state index contributed by atoms with van der Waals surface area (Å²) in [5.74, 6) is -0.0115. The Morgan fingerprint density at radius 3 is 3.00 bits per heavy atom. The summed E-state index contributed by atoms with van der Waals surface area (Å²) in [6.45, 7) is 0.0810. The highest BCUT2D eigenvalue weighted by molar-refractivity contribution is 7.10. The van der Waals surface area contributed by atoms with E-state index in [0.29, 0.717) is 18.6 Å². The molecule has 1 saturated heterocycles. The van der Waals surface area contributed by atoms with Crippen molar-refractivity contribution < 1.29 is 19.1 Å². The lowest BCUT2D eigenvalue weighted by atomic mass is 9.87. The maximum atomic E-state index is 12.6. The largest absolute Gasteiger partial charge is 0.467 e. The molecule has 0 aromatic carbocycles. The lowest BCUT2D eigenvalue weighted by Gasteiger charge is -2.37. The molecule has 0 aliphatic carbocycles. The molecule has 24 heavy (non-hydrogen) atoms. The highest BCUT2D eigenvalue weighted by Gasteiger charge is 2.39. The van der Waals surface area contributed by atoms with Gasteiger partial charge >= 0.3 is 0 Å². The number of nitrogens with zero attached hydrogens (tertiary/aromatic N) is 1. The Hall–Kier alpha value is -2.12. The average molecular weight is 348 g/mol. The fourth-order valence-electron chi connectivity index (χ4n) is 3.07. The first-order valence-corrected chi connectivity index (χ1v) is 8.74. The summed E-state index contributed by atoms with van der Waals surface area (Å²) >= 11 is 1.54. The van der Waals surface area contributed by atoms with Crippen LogP contribution in [-0.4, -0.2) is 35.4 Å². The van der Waals surface area contributed by atoms with Gasteiger partial charge in [-0.2, -0.15) is 0 Å². The van der Waals surface area contributed by atoms with Crippen molar-refractivity contribution in [2.24, 2.45) is 5.92 Å². The van der Waals surface area contributed by atoms with Crippen molar-refractivity contribution in [3.05, 3.63) is 46.5 Å². The second-order valence-electron chi connectivity index (χ2n) is 5.89. The van der Waals surface area contributed by atoms with Crippen LogP contribution < -0.4 is 5.32 Å². The summed E-state index contributed by atoms with van der Waals surface area (Å²) in [6, 6.07) is 6.96. The molecule has 1 aliphatic rings. The smallest absolute Gasteiger partial charge is 0.225 e. The number of likely N-dealkylation sites (tertiary alicyclic amines) is 1. The fraction of sp³-hybridized carbons (Fsp3) is 0.412. The highest BCUT2D eigenvalue weighted by atomic mass is 32.1. The summed E-state index contributed by atoms with van der Waals surface area (Å²) < 4.78 is 5.13. The van der Waals surface area contributed by atoms with Crippen molar-refractivity contribution in [3.8, 4) is 0 Å². The van der Waals surface area contributed by atoms with Gasteiger partial charge in [0.25, 0.3) is 0 Å². The summed E-state index contributed by atoms with van der Waals surface area (Å²) in [6.07, 6.45) is 1.47. The minimum Gasteiger partial charge on any atom is -0.467 e. The van der Waals surface area contributed by atoms with Crippen LogP contribution >= 0.6 is 11.3 Å². The molecule has 0 bridgehead atoms. The molecule has 2 aromatic rings. The number of furan rings is 1. The van der Waals surface area contributed by atoms with E-state index in [1.807, 2.05) is 17.5 Å². The van der Waals surface area contributed by atoms with Gasteiger partial charge in [0.2, 0.25) is 11.8 Å². The zero-order valence-electron chi connectivity index (χ0n) is 13.3. The van der Waals surface area contributed by atoms with Gasteiger partial charge in [-0.3, -0.25) is 9.59 Å². The topological polar surface area (TPSA) is 82.8 Å². The van der Waals surface area contributed by atoms with Crippen LogP contribution in [0.3, 0.4) is 0 Å². The van der Waals surface area contributed by atoms with Crippen molar-refractivity contribution in [1.29, 1.82) is 0 Å². The van der Waals surface area contributed by atoms with Crippen LogP contribution in [0.15, 0.2) is 40.3 Å². The SMILES string of the molecule is CN1C(=O)CC[C@H](C(=O)NC[C@H](O)c2ccco2)[C@H]1c1cccs1. The first-order chi connectivity index (χ1) is 11.6. The molecule has 2 N–H and O–H groups in total. The second-order valence-corrected chi connectivity index (χ2v) is 6.87. The van der Waals surface area contributed by atoms with E-state index in [2.05, 4.69) is 5.32 Å². The van der Waals surface area contributed by atoms with Crippen molar-refractivity contribution in [1.82, 2.24) is 10.2 Å². The van der Waals surface area contributed by atoms with Gasteiger partial charge in [-0.15, -0.1) is 11.3 Å². The number of thiophene rings is 1. The molecule has 0 unspecified atom stereocenters. The number of carbonyl (C=O) groups is 2. The van der Waals surface area contributed by atoms with Gasteiger partial charge < -0.3 is 19.7 Å². The second kappa shape index (κ2) is 7.19. The number of hydrogen-bond acceptors (Lipinski definition) is 5. The first kappa shape index (κ1) is 16.7. The number of nitrogens with one attached hydrogen (secondary N) is 1. The number of amides is 2. The molecular weight excluding hydrogens is 328 g/mol. The molecule has 6 nitrogen and oxygen atoms in total. The predicted octanol–water partition coefficient (Wildman–Crippen LogP) is 2.10. The van der Waals surface area contributed by atoms with Crippen molar-refractivity contribution in [2.45, 2.75) is 25.0 Å². The third-order valence-electron chi connectivity index (χ3n) is 4.37. The maximum Gasteiger partial charge on any atom is 0.225 e. The van der Waals surface area contributed by atoms with Crippen LogP contribution in [0.25, 0.3) is 0 Å². The molecule has 0 saturated carbocycles. The van der Waals surface area contributed by atoms with E-state index in [1.54, 1.807) is 35.4 Å². The van der Waals surface area contributed by atoms with Crippen LogP contribution in [0.4, 0.5) is 0 Å². The van der Waals surface area contributed by atoms with Gasteiger partial charge in [0, 0.05) is 18.3 Å². The van der Waals surface area contributed by atoms with Crippen LogP contribution in [0.2, 0.25) is 0 Å². The standard InChI is InChI=1S/C17H20N2O4S/c1-19-15(21)7-6-11(16(19)14-5-3-9-24-14)17(22)18-10-12(20)13-4-2-8-23-13/h2-5,8-9,11-12,16,20H,6-7,10H2,1H3,(H,18,22)/t11-,12-,16-/m0/s1. The van der Waals surface area contributed by atoms with Crippen molar-refractivity contribution in [3.63, 3.8) is 0 Å². The number of hydrogen-bond donors (Lipinski definition) is 2. The molecule has 3 rings (SSSR count). The van der Waals surface area contributed by atoms with Gasteiger partial charge in [0.15, 0.2) is 0 Å². The molecule has 7 heteroatoms. The third-order valence-corrected chi connectivity index (χ3v) is 5.32. The van der Waals surface area contributed by atoms with Gasteiger partial charge in [-0.05, 0) is 30.0 Å². The molecule has 1 fully saturated rings. The molecule has 3 heterocycles.